The average Bonchev–Trinajstić information content (AvgIpc) is 3.10. The van der Waals surface area contributed by atoms with E-state index in [0.717, 1.165) is 17.8 Å². The highest BCUT2D eigenvalue weighted by Gasteiger charge is 2.16. The first-order valence-corrected chi connectivity index (χ1v) is 8.19. The summed E-state index contributed by atoms with van der Waals surface area (Å²) in [5.41, 5.74) is 1.02. The largest absolute Gasteiger partial charge is 0.478 e. The lowest BCUT2D eigenvalue weighted by atomic mass is 10.1. The SMILES string of the molecule is CCC(C)c1n[nH]c(C(C)NC(=O)NCc2ccc(C(=O)O)cc2)n1. The zero-order valence-electron chi connectivity index (χ0n) is 14.5. The first-order chi connectivity index (χ1) is 11.9. The molecule has 0 radical (unpaired) electrons. The number of carboxylic acid groups (broad SMARTS) is 1. The molecule has 2 unspecified atom stereocenters. The van der Waals surface area contributed by atoms with E-state index in [2.05, 4.69) is 32.7 Å². The van der Waals surface area contributed by atoms with Crippen LogP contribution in [0.4, 0.5) is 4.79 Å². The van der Waals surface area contributed by atoms with Gasteiger partial charge in [-0.25, -0.2) is 14.6 Å². The number of H-pyrrole nitrogens is 1. The van der Waals surface area contributed by atoms with E-state index in [1.165, 1.54) is 12.1 Å². The third-order valence-electron chi connectivity index (χ3n) is 3.98. The van der Waals surface area contributed by atoms with Gasteiger partial charge in [-0.2, -0.15) is 5.10 Å². The molecule has 0 fully saturated rings. The van der Waals surface area contributed by atoms with Crippen LogP contribution in [0.15, 0.2) is 24.3 Å². The number of rotatable bonds is 7. The van der Waals surface area contributed by atoms with Crippen LogP contribution >= 0.6 is 0 Å². The maximum absolute atomic E-state index is 12.0. The van der Waals surface area contributed by atoms with Gasteiger partial charge in [0.1, 0.15) is 5.82 Å². The van der Waals surface area contributed by atoms with E-state index >= 15 is 0 Å². The molecule has 2 rings (SSSR count). The lowest BCUT2D eigenvalue weighted by molar-refractivity contribution is 0.0697. The standard InChI is InChI=1S/C17H23N5O3/c1-4-10(2)14-20-15(22-21-14)11(3)19-17(25)18-9-12-5-7-13(8-6-12)16(23)24/h5-8,10-11H,4,9H2,1-3H3,(H,23,24)(H2,18,19,25)(H,20,21,22). The summed E-state index contributed by atoms with van der Waals surface area (Å²) in [6.07, 6.45) is 0.945. The Balaban J connectivity index is 1.85. The minimum Gasteiger partial charge on any atom is -0.478 e. The van der Waals surface area contributed by atoms with Crippen molar-refractivity contribution >= 4 is 12.0 Å². The maximum atomic E-state index is 12.0. The highest BCUT2D eigenvalue weighted by molar-refractivity contribution is 5.87. The molecule has 0 aliphatic heterocycles. The first kappa shape index (κ1) is 18.4. The Morgan fingerprint density at radius 3 is 2.52 bits per heavy atom. The molecule has 2 amide bonds. The molecular formula is C17H23N5O3. The summed E-state index contributed by atoms with van der Waals surface area (Å²) >= 11 is 0. The summed E-state index contributed by atoms with van der Waals surface area (Å²) in [4.78, 5) is 27.2. The van der Waals surface area contributed by atoms with Crippen molar-refractivity contribution in [3.63, 3.8) is 0 Å². The Morgan fingerprint density at radius 2 is 1.92 bits per heavy atom. The van der Waals surface area contributed by atoms with Gasteiger partial charge in [0.05, 0.1) is 11.6 Å². The van der Waals surface area contributed by atoms with Gasteiger partial charge >= 0.3 is 12.0 Å². The van der Waals surface area contributed by atoms with Crippen molar-refractivity contribution in [2.24, 2.45) is 0 Å². The second-order valence-corrected chi connectivity index (χ2v) is 5.94. The quantitative estimate of drug-likeness (QED) is 0.615. The Hall–Kier alpha value is -2.90. The van der Waals surface area contributed by atoms with Crippen LogP contribution in [0.3, 0.4) is 0 Å². The van der Waals surface area contributed by atoms with Gasteiger partial charge in [0.2, 0.25) is 0 Å². The number of hydrogen-bond donors (Lipinski definition) is 4. The van der Waals surface area contributed by atoms with E-state index < -0.39 is 5.97 Å². The molecule has 4 N–H and O–H groups in total. The summed E-state index contributed by atoms with van der Waals surface area (Å²) in [6, 6.07) is 5.70. The number of carbonyl (C=O) groups excluding carboxylic acids is 1. The van der Waals surface area contributed by atoms with E-state index in [9.17, 15) is 9.59 Å². The molecule has 25 heavy (non-hydrogen) atoms. The predicted molar refractivity (Wildman–Crippen MR) is 92.3 cm³/mol. The monoisotopic (exact) mass is 345 g/mol. The third kappa shape index (κ3) is 5.03. The third-order valence-corrected chi connectivity index (χ3v) is 3.98. The average molecular weight is 345 g/mol. The van der Waals surface area contributed by atoms with Crippen LogP contribution in [-0.4, -0.2) is 32.3 Å². The van der Waals surface area contributed by atoms with E-state index in [0.29, 0.717) is 12.4 Å². The maximum Gasteiger partial charge on any atom is 0.335 e. The Kier molecular flexibility index (Phi) is 6.10. The van der Waals surface area contributed by atoms with Crippen LogP contribution < -0.4 is 10.6 Å². The minimum absolute atomic E-state index is 0.212. The summed E-state index contributed by atoms with van der Waals surface area (Å²) in [5.74, 6) is 0.635. The summed E-state index contributed by atoms with van der Waals surface area (Å²) in [6.45, 7) is 6.24. The second-order valence-electron chi connectivity index (χ2n) is 5.94. The van der Waals surface area contributed by atoms with Crippen LogP contribution in [0, 0.1) is 0 Å². The molecular weight excluding hydrogens is 322 g/mol. The van der Waals surface area contributed by atoms with Gasteiger partial charge in [-0.1, -0.05) is 26.0 Å². The number of urea groups is 1. The first-order valence-electron chi connectivity index (χ1n) is 8.19. The number of aromatic nitrogens is 3. The van der Waals surface area contributed by atoms with Crippen molar-refractivity contribution in [1.29, 1.82) is 0 Å². The molecule has 0 bridgehead atoms. The topological polar surface area (TPSA) is 120 Å². The van der Waals surface area contributed by atoms with Crippen LogP contribution in [0.5, 0.6) is 0 Å². The highest BCUT2D eigenvalue weighted by Crippen LogP contribution is 2.15. The molecule has 1 aromatic carbocycles. The second kappa shape index (κ2) is 8.27. The minimum atomic E-state index is -0.977. The number of aromatic carboxylic acids is 1. The molecule has 1 heterocycles. The van der Waals surface area contributed by atoms with Gasteiger partial charge in [-0.3, -0.25) is 5.10 Å². The summed E-state index contributed by atoms with van der Waals surface area (Å²) in [7, 11) is 0. The molecule has 8 nitrogen and oxygen atoms in total. The van der Waals surface area contributed by atoms with Crippen molar-refractivity contribution in [2.75, 3.05) is 0 Å². The van der Waals surface area contributed by atoms with E-state index in [-0.39, 0.29) is 23.6 Å². The molecule has 2 aromatic rings. The van der Waals surface area contributed by atoms with Gasteiger partial charge in [0.15, 0.2) is 5.82 Å². The fraction of sp³-hybridized carbons (Fsp3) is 0.412. The Bertz CT molecular complexity index is 726. The van der Waals surface area contributed by atoms with E-state index in [1.54, 1.807) is 12.1 Å². The molecule has 0 saturated carbocycles. The van der Waals surface area contributed by atoms with Gasteiger partial charge in [0.25, 0.3) is 0 Å². The molecule has 0 saturated heterocycles. The zero-order chi connectivity index (χ0) is 18.4. The van der Waals surface area contributed by atoms with Crippen molar-refractivity contribution in [3.8, 4) is 0 Å². The fourth-order valence-electron chi connectivity index (χ4n) is 2.15. The number of amides is 2. The number of aromatic amines is 1. The van der Waals surface area contributed by atoms with E-state index in [1.807, 2.05) is 13.8 Å². The number of carboxylic acids is 1. The molecule has 0 aliphatic carbocycles. The number of hydrogen-bond acceptors (Lipinski definition) is 4. The number of carbonyl (C=O) groups is 2. The number of benzene rings is 1. The van der Waals surface area contributed by atoms with Crippen LogP contribution in [0.25, 0.3) is 0 Å². The van der Waals surface area contributed by atoms with Crippen molar-refractivity contribution in [1.82, 2.24) is 25.8 Å². The molecule has 8 heteroatoms. The molecule has 2 atom stereocenters. The van der Waals surface area contributed by atoms with Crippen LogP contribution in [0.1, 0.15) is 66.7 Å². The lowest BCUT2D eigenvalue weighted by Crippen LogP contribution is -2.37. The summed E-state index contributed by atoms with van der Waals surface area (Å²) in [5, 5.41) is 21.4. The van der Waals surface area contributed by atoms with Crippen molar-refractivity contribution in [2.45, 2.75) is 45.7 Å². The molecule has 0 spiro atoms. The normalized spacial score (nSPS) is 13.1. The highest BCUT2D eigenvalue weighted by atomic mass is 16.4. The lowest BCUT2D eigenvalue weighted by Gasteiger charge is -2.12. The van der Waals surface area contributed by atoms with Gasteiger partial charge in [-0.05, 0) is 31.0 Å². The van der Waals surface area contributed by atoms with E-state index in [4.69, 9.17) is 5.11 Å². The number of nitrogens with one attached hydrogen (secondary N) is 3. The Labute approximate surface area is 146 Å². The van der Waals surface area contributed by atoms with Crippen molar-refractivity contribution < 1.29 is 14.7 Å². The van der Waals surface area contributed by atoms with Crippen LogP contribution in [-0.2, 0) is 6.54 Å². The smallest absolute Gasteiger partial charge is 0.335 e. The predicted octanol–water partition coefficient (Wildman–Crippen LogP) is 2.58. The molecule has 0 aliphatic rings. The van der Waals surface area contributed by atoms with Crippen molar-refractivity contribution in [3.05, 3.63) is 47.0 Å². The number of nitrogens with zero attached hydrogens (tertiary/aromatic N) is 2. The van der Waals surface area contributed by atoms with Gasteiger partial charge in [-0.15, -0.1) is 0 Å². The fourth-order valence-corrected chi connectivity index (χ4v) is 2.15. The molecule has 134 valence electrons. The van der Waals surface area contributed by atoms with Gasteiger partial charge in [0, 0.05) is 12.5 Å². The zero-order valence-corrected chi connectivity index (χ0v) is 14.5. The Morgan fingerprint density at radius 1 is 1.24 bits per heavy atom. The van der Waals surface area contributed by atoms with Crippen LogP contribution in [0.2, 0.25) is 0 Å². The summed E-state index contributed by atoms with van der Waals surface area (Å²) < 4.78 is 0. The molecule has 1 aromatic heterocycles. The van der Waals surface area contributed by atoms with Gasteiger partial charge < -0.3 is 15.7 Å².